The van der Waals surface area contributed by atoms with Gasteiger partial charge >= 0.3 is 5.97 Å². The zero-order valence-electron chi connectivity index (χ0n) is 13.1. The number of carbonyl (C=O) groups excluding carboxylic acids is 1. The maximum absolute atomic E-state index is 12.8. The third kappa shape index (κ3) is 2.86. The minimum atomic E-state index is -0.903. The first kappa shape index (κ1) is 16.1. The second-order valence-corrected chi connectivity index (χ2v) is 5.74. The van der Waals surface area contributed by atoms with E-state index in [0.717, 1.165) is 0 Å². The summed E-state index contributed by atoms with van der Waals surface area (Å²) >= 11 is 0. The van der Waals surface area contributed by atoms with E-state index < -0.39 is 11.4 Å². The molecule has 120 valence electrons. The molecule has 1 unspecified atom stereocenters. The number of carboxylic acid groups (broad SMARTS) is 1. The van der Waals surface area contributed by atoms with Crippen LogP contribution in [0.2, 0.25) is 0 Å². The van der Waals surface area contributed by atoms with Crippen molar-refractivity contribution in [2.75, 3.05) is 27.3 Å². The molecule has 1 saturated heterocycles. The lowest BCUT2D eigenvalue weighted by atomic mass is 9.82. The topological polar surface area (TPSA) is 76.1 Å². The second kappa shape index (κ2) is 6.25. The Labute approximate surface area is 129 Å². The highest BCUT2D eigenvalue weighted by atomic mass is 16.5. The summed E-state index contributed by atoms with van der Waals surface area (Å²) in [5.41, 5.74) is -0.517. The first-order valence-corrected chi connectivity index (χ1v) is 7.16. The predicted octanol–water partition coefficient (Wildman–Crippen LogP) is 2.03. The summed E-state index contributed by atoms with van der Waals surface area (Å²) in [7, 11) is 2.99. The molecule has 6 heteroatoms. The number of nitrogens with zero attached hydrogens (tertiary/aromatic N) is 1. The molecule has 1 heterocycles. The monoisotopic (exact) mass is 307 g/mol. The Morgan fingerprint density at radius 1 is 1.27 bits per heavy atom. The number of methoxy groups -OCH3 is 2. The largest absolute Gasteiger partial charge is 0.493 e. The van der Waals surface area contributed by atoms with Gasteiger partial charge in [-0.3, -0.25) is 9.59 Å². The van der Waals surface area contributed by atoms with Gasteiger partial charge in [0, 0.05) is 13.1 Å². The van der Waals surface area contributed by atoms with Crippen LogP contribution in [0.3, 0.4) is 0 Å². The molecule has 1 amide bonds. The van der Waals surface area contributed by atoms with Gasteiger partial charge in [-0.1, -0.05) is 6.07 Å². The van der Waals surface area contributed by atoms with E-state index in [9.17, 15) is 14.7 Å². The van der Waals surface area contributed by atoms with Gasteiger partial charge in [0.05, 0.1) is 25.2 Å². The van der Waals surface area contributed by atoms with Gasteiger partial charge in [0.1, 0.15) is 0 Å². The molecule has 1 aromatic carbocycles. The molecule has 1 N–H and O–H groups in total. The standard InChI is InChI=1S/C16H21NO5/c1-16(15(19)20)8-5-9-17(10-16)14(18)11-6-4-7-12(21-2)13(11)22-3/h4,6-7H,5,8-10H2,1-3H3,(H,19,20). The van der Waals surface area contributed by atoms with Gasteiger partial charge in [-0.25, -0.2) is 0 Å². The molecular weight excluding hydrogens is 286 g/mol. The van der Waals surface area contributed by atoms with Crippen molar-refractivity contribution in [2.45, 2.75) is 19.8 Å². The van der Waals surface area contributed by atoms with Crippen molar-refractivity contribution in [3.63, 3.8) is 0 Å². The van der Waals surface area contributed by atoms with Crippen LogP contribution in [-0.2, 0) is 4.79 Å². The minimum Gasteiger partial charge on any atom is -0.493 e. The maximum Gasteiger partial charge on any atom is 0.311 e. The normalized spacial score (nSPS) is 21.3. The van der Waals surface area contributed by atoms with Gasteiger partial charge in [-0.05, 0) is 31.9 Å². The number of hydrogen-bond donors (Lipinski definition) is 1. The van der Waals surface area contributed by atoms with Crippen molar-refractivity contribution < 1.29 is 24.2 Å². The Morgan fingerprint density at radius 3 is 2.59 bits per heavy atom. The Bertz CT molecular complexity index is 586. The first-order valence-electron chi connectivity index (χ1n) is 7.16. The van der Waals surface area contributed by atoms with Crippen LogP contribution in [0.15, 0.2) is 18.2 Å². The lowest BCUT2D eigenvalue weighted by molar-refractivity contribution is -0.150. The third-order valence-corrected chi connectivity index (χ3v) is 4.13. The quantitative estimate of drug-likeness (QED) is 0.921. The summed E-state index contributed by atoms with van der Waals surface area (Å²) in [6.07, 6.45) is 1.24. The van der Waals surface area contributed by atoms with Gasteiger partial charge in [0.25, 0.3) is 5.91 Å². The van der Waals surface area contributed by atoms with Crippen LogP contribution in [0.25, 0.3) is 0 Å². The van der Waals surface area contributed by atoms with Crippen LogP contribution in [0.4, 0.5) is 0 Å². The van der Waals surface area contributed by atoms with Crippen LogP contribution in [0.5, 0.6) is 11.5 Å². The molecular formula is C16H21NO5. The minimum absolute atomic E-state index is 0.196. The van der Waals surface area contributed by atoms with E-state index in [0.29, 0.717) is 36.4 Å². The van der Waals surface area contributed by atoms with Crippen molar-refractivity contribution >= 4 is 11.9 Å². The number of aliphatic carboxylic acids is 1. The number of carboxylic acids is 1. The average Bonchev–Trinajstić information content (AvgIpc) is 2.53. The zero-order chi connectivity index (χ0) is 16.3. The number of hydrogen-bond acceptors (Lipinski definition) is 4. The molecule has 0 saturated carbocycles. The van der Waals surface area contributed by atoms with E-state index in [1.54, 1.807) is 30.0 Å². The molecule has 0 aromatic heterocycles. The first-order chi connectivity index (χ1) is 10.4. The summed E-state index contributed by atoms with van der Waals surface area (Å²) in [5, 5.41) is 9.37. The lowest BCUT2D eigenvalue weighted by Gasteiger charge is -2.37. The maximum atomic E-state index is 12.8. The number of rotatable bonds is 4. The van der Waals surface area contributed by atoms with Crippen LogP contribution < -0.4 is 9.47 Å². The molecule has 0 bridgehead atoms. The van der Waals surface area contributed by atoms with Crippen molar-refractivity contribution in [3.8, 4) is 11.5 Å². The summed E-state index contributed by atoms with van der Waals surface area (Å²) in [6.45, 7) is 2.42. The molecule has 1 atom stereocenters. The lowest BCUT2D eigenvalue weighted by Crippen LogP contribution is -2.48. The summed E-state index contributed by atoms with van der Waals surface area (Å²) < 4.78 is 10.5. The Morgan fingerprint density at radius 2 is 2.00 bits per heavy atom. The molecule has 22 heavy (non-hydrogen) atoms. The van der Waals surface area contributed by atoms with Crippen LogP contribution in [-0.4, -0.2) is 49.2 Å². The third-order valence-electron chi connectivity index (χ3n) is 4.13. The molecule has 1 aromatic rings. The number of amides is 1. The number of likely N-dealkylation sites (tertiary alicyclic amines) is 1. The Kier molecular flexibility index (Phi) is 4.59. The highest BCUT2D eigenvalue weighted by molar-refractivity contribution is 5.98. The van der Waals surface area contributed by atoms with E-state index in [-0.39, 0.29) is 12.5 Å². The van der Waals surface area contributed by atoms with Gasteiger partial charge in [0.2, 0.25) is 0 Å². The molecule has 1 fully saturated rings. The van der Waals surface area contributed by atoms with Crippen LogP contribution >= 0.6 is 0 Å². The highest BCUT2D eigenvalue weighted by Gasteiger charge is 2.40. The van der Waals surface area contributed by atoms with Gasteiger partial charge in [-0.15, -0.1) is 0 Å². The van der Waals surface area contributed by atoms with E-state index in [4.69, 9.17) is 9.47 Å². The van der Waals surface area contributed by atoms with E-state index in [1.165, 1.54) is 14.2 Å². The van der Waals surface area contributed by atoms with E-state index in [2.05, 4.69) is 0 Å². The average molecular weight is 307 g/mol. The number of para-hydroxylation sites is 1. The van der Waals surface area contributed by atoms with Crippen molar-refractivity contribution in [3.05, 3.63) is 23.8 Å². The number of benzene rings is 1. The SMILES string of the molecule is COc1cccc(C(=O)N2CCCC(C)(C(=O)O)C2)c1OC. The number of ether oxygens (including phenoxy) is 2. The van der Waals surface area contributed by atoms with E-state index in [1.807, 2.05) is 0 Å². The van der Waals surface area contributed by atoms with Crippen LogP contribution in [0, 0.1) is 5.41 Å². The number of piperidine rings is 1. The second-order valence-electron chi connectivity index (χ2n) is 5.74. The fourth-order valence-electron chi connectivity index (χ4n) is 2.81. The number of carbonyl (C=O) groups is 2. The Balaban J connectivity index is 2.30. The van der Waals surface area contributed by atoms with Gasteiger partial charge in [-0.2, -0.15) is 0 Å². The fourth-order valence-corrected chi connectivity index (χ4v) is 2.81. The predicted molar refractivity (Wildman–Crippen MR) is 80.4 cm³/mol. The zero-order valence-corrected chi connectivity index (χ0v) is 13.1. The highest BCUT2D eigenvalue weighted by Crippen LogP contribution is 2.34. The molecule has 0 spiro atoms. The fraction of sp³-hybridized carbons (Fsp3) is 0.500. The molecule has 1 aliphatic heterocycles. The van der Waals surface area contributed by atoms with Crippen LogP contribution in [0.1, 0.15) is 30.1 Å². The van der Waals surface area contributed by atoms with Crippen molar-refractivity contribution in [1.82, 2.24) is 4.90 Å². The van der Waals surface area contributed by atoms with Crippen molar-refractivity contribution in [1.29, 1.82) is 0 Å². The van der Waals surface area contributed by atoms with Gasteiger partial charge in [0.15, 0.2) is 11.5 Å². The van der Waals surface area contributed by atoms with Gasteiger partial charge < -0.3 is 19.5 Å². The van der Waals surface area contributed by atoms with Crippen molar-refractivity contribution in [2.24, 2.45) is 5.41 Å². The smallest absolute Gasteiger partial charge is 0.311 e. The summed E-state index contributed by atoms with van der Waals surface area (Å²) in [6, 6.07) is 5.10. The molecule has 2 rings (SSSR count). The summed E-state index contributed by atoms with van der Waals surface area (Å²) in [5.74, 6) is -0.255. The summed E-state index contributed by atoms with van der Waals surface area (Å²) in [4.78, 5) is 25.8. The van der Waals surface area contributed by atoms with E-state index >= 15 is 0 Å². The molecule has 0 radical (unpaired) electrons. The Hall–Kier alpha value is -2.24. The molecule has 1 aliphatic rings. The molecule has 6 nitrogen and oxygen atoms in total. The molecule has 0 aliphatic carbocycles.